The van der Waals surface area contributed by atoms with Gasteiger partial charge in [0.15, 0.2) is 5.65 Å². The van der Waals surface area contributed by atoms with Crippen molar-refractivity contribution in [2.75, 3.05) is 13.1 Å². The molecule has 44 heavy (non-hydrogen) atoms. The number of benzene rings is 2. The standard InChI is InChI=1S/C33H37FN6O4/c1-20-17-38(18-21(2)36-20)19-22-6-8-23(9-7-22)24-4-3-5-28(14-24)39-30-29(15-25(34)16-35-30)31(41)40(33(39)44)27-12-10-26(11-13-27)37-32(42)43/h3-9,14-16,20-21,26-27,36-37H,10-13,17-19H2,1-2H3,(H,42,43)/t20-,21+,26-,27+. The second kappa shape index (κ2) is 12.3. The first kappa shape index (κ1) is 29.7. The van der Waals surface area contributed by atoms with Crippen LogP contribution in [0.2, 0.25) is 0 Å². The zero-order chi connectivity index (χ0) is 31.0. The molecule has 4 aromatic rings. The third kappa shape index (κ3) is 6.15. The van der Waals surface area contributed by atoms with Gasteiger partial charge in [0.05, 0.1) is 17.3 Å². The first-order valence-corrected chi connectivity index (χ1v) is 15.2. The fourth-order valence-corrected chi connectivity index (χ4v) is 6.85. The summed E-state index contributed by atoms with van der Waals surface area (Å²) in [4.78, 5) is 45.3. The van der Waals surface area contributed by atoms with Crippen molar-refractivity contribution in [3.05, 3.63) is 93.0 Å². The number of fused-ring (bicyclic) bond motifs is 1. The van der Waals surface area contributed by atoms with E-state index in [2.05, 4.69) is 58.6 Å². The maximum Gasteiger partial charge on any atom is 0.404 e. The van der Waals surface area contributed by atoms with Gasteiger partial charge in [-0.2, -0.15) is 0 Å². The summed E-state index contributed by atoms with van der Waals surface area (Å²) >= 11 is 0. The second-order valence-corrected chi connectivity index (χ2v) is 12.2. The molecular weight excluding hydrogens is 563 g/mol. The van der Waals surface area contributed by atoms with Crippen LogP contribution in [-0.2, 0) is 6.54 Å². The van der Waals surface area contributed by atoms with Crippen molar-refractivity contribution < 1.29 is 14.3 Å². The van der Waals surface area contributed by atoms with Crippen molar-refractivity contribution in [1.29, 1.82) is 0 Å². The number of amides is 1. The molecule has 2 atom stereocenters. The highest BCUT2D eigenvalue weighted by Gasteiger charge is 2.28. The minimum Gasteiger partial charge on any atom is -0.465 e. The first-order chi connectivity index (χ1) is 21.2. The van der Waals surface area contributed by atoms with Gasteiger partial charge in [0.1, 0.15) is 5.82 Å². The number of aromatic nitrogens is 3. The Morgan fingerprint density at radius 1 is 1.00 bits per heavy atom. The highest BCUT2D eigenvalue weighted by molar-refractivity contribution is 5.76. The number of carboxylic acid groups (broad SMARTS) is 1. The van der Waals surface area contributed by atoms with Gasteiger partial charge in [0.25, 0.3) is 5.56 Å². The van der Waals surface area contributed by atoms with E-state index < -0.39 is 29.2 Å². The first-order valence-electron chi connectivity index (χ1n) is 15.2. The molecule has 10 nitrogen and oxygen atoms in total. The molecule has 1 amide bonds. The number of piperazine rings is 1. The third-order valence-electron chi connectivity index (χ3n) is 8.71. The molecule has 230 valence electrons. The van der Waals surface area contributed by atoms with E-state index >= 15 is 0 Å². The summed E-state index contributed by atoms with van der Waals surface area (Å²) in [5.74, 6) is -0.667. The predicted molar refractivity (Wildman–Crippen MR) is 167 cm³/mol. The Morgan fingerprint density at radius 2 is 1.70 bits per heavy atom. The van der Waals surface area contributed by atoms with Gasteiger partial charge >= 0.3 is 11.8 Å². The van der Waals surface area contributed by atoms with E-state index in [-0.39, 0.29) is 17.1 Å². The number of nitrogens with one attached hydrogen (secondary N) is 2. The van der Waals surface area contributed by atoms with Crippen LogP contribution in [0.5, 0.6) is 0 Å². The minimum atomic E-state index is -1.10. The van der Waals surface area contributed by atoms with E-state index in [0.717, 1.165) is 43.0 Å². The van der Waals surface area contributed by atoms with Crippen LogP contribution >= 0.6 is 0 Å². The van der Waals surface area contributed by atoms with Crippen molar-refractivity contribution in [3.8, 4) is 16.8 Å². The molecule has 6 rings (SSSR count). The normalized spacial score (nSPS) is 22.6. The lowest BCUT2D eigenvalue weighted by Gasteiger charge is -2.36. The van der Waals surface area contributed by atoms with E-state index in [9.17, 15) is 18.8 Å². The summed E-state index contributed by atoms with van der Waals surface area (Å²) in [6, 6.07) is 17.2. The molecule has 2 fully saturated rings. The molecule has 3 heterocycles. The van der Waals surface area contributed by atoms with E-state index in [1.165, 1.54) is 14.7 Å². The van der Waals surface area contributed by atoms with Crippen LogP contribution < -0.4 is 21.9 Å². The Bertz CT molecular complexity index is 1790. The van der Waals surface area contributed by atoms with Crippen molar-refractivity contribution in [2.45, 2.75) is 70.2 Å². The molecule has 0 radical (unpaired) electrons. The molecule has 2 aromatic carbocycles. The number of nitrogens with zero attached hydrogens (tertiary/aromatic N) is 4. The highest BCUT2D eigenvalue weighted by Crippen LogP contribution is 2.28. The molecule has 3 N–H and O–H groups in total. The van der Waals surface area contributed by atoms with E-state index in [0.29, 0.717) is 43.5 Å². The molecule has 2 aromatic heterocycles. The van der Waals surface area contributed by atoms with Crippen LogP contribution in [0, 0.1) is 5.82 Å². The van der Waals surface area contributed by atoms with Gasteiger partial charge in [-0.15, -0.1) is 0 Å². The van der Waals surface area contributed by atoms with Crippen LogP contribution in [0.4, 0.5) is 9.18 Å². The average molecular weight is 601 g/mol. The van der Waals surface area contributed by atoms with Crippen LogP contribution in [0.3, 0.4) is 0 Å². The molecule has 2 aliphatic rings. The highest BCUT2D eigenvalue weighted by atomic mass is 19.1. The number of carbonyl (C=O) groups is 1. The molecular formula is C33H37FN6O4. The molecule has 0 spiro atoms. The fraction of sp³-hybridized carbons (Fsp3) is 0.394. The van der Waals surface area contributed by atoms with Crippen LogP contribution in [0.1, 0.15) is 51.1 Å². The third-order valence-corrected chi connectivity index (χ3v) is 8.71. The summed E-state index contributed by atoms with van der Waals surface area (Å²) in [7, 11) is 0. The van der Waals surface area contributed by atoms with Gasteiger partial charge in [-0.05, 0) is 74.4 Å². The van der Waals surface area contributed by atoms with Gasteiger partial charge in [-0.25, -0.2) is 23.5 Å². The lowest BCUT2D eigenvalue weighted by atomic mass is 9.91. The number of rotatable bonds is 6. The number of hydrogen-bond acceptors (Lipinski definition) is 6. The summed E-state index contributed by atoms with van der Waals surface area (Å²) in [5, 5.41) is 15.1. The van der Waals surface area contributed by atoms with Crippen LogP contribution in [0.25, 0.3) is 27.8 Å². The van der Waals surface area contributed by atoms with Gasteiger partial charge in [0.2, 0.25) is 0 Å². The van der Waals surface area contributed by atoms with E-state index in [1.807, 2.05) is 18.2 Å². The predicted octanol–water partition coefficient (Wildman–Crippen LogP) is 4.29. The van der Waals surface area contributed by atoms with Crippen molar-refractivity contribution in [1.82, 2.24) is 29.7 Å². The van der Waals surface area contributed by atoms with Crippen molar-refractivity contribution >= 4 is 17.1 Å². The fourth-order valence-electron chi connectivity index (χ4n) is 6.85. The zero-order valence-electron chi connectivity index (χ0n) is 24.9. The quantitative estimate of drug-likeness (QED) is 0.302. The Balaban J connectivity index is 1.34. The Hall–Kier alpha value is -4.35. The van der Waals surface area contributed by atoms with Crippen LogP contribution in [-0.4, -0.2) is 61.4 Å². The van der Waals surface area contributed by atoms with E-state index in [1.54, 1.807) is 6.07 Å². The smallest absolute Gasteiger partial charge is 0.404 e. The molecule has 11 heteroatoms. The zero-order valence-corrected chi connectivity index (χ0v) is 24.9. The maximum atomic E-state index is 14.3. The lowest BCUT2D eigenvalue weighted by molar-refractivity contribution is 0.166. The molecule has 0 bridgehead atoms. The lowest BCUT2D eigenvalue weighted by Crippen LogP contribution is -2.53. The van der Waals surface area contributed by atoms with E-state index in [4.69, 9.17) is 5.11 Å². The van der Waals surface area contributed by atoms with Gasteiger partial charge in [-0.1, -0.05) is 36.4 Å². The Labute approximate surface area is 254 Å². The topological polar surface area (TPSA) is 121 Å². The summed E-state index contributed by atoms with van der Waals surface area (Å²) in [6.07, 6.45) is 1.76. The summed E-state index contributed by atoms with van der Waals surface area (Å²) in [5.41, 5.74) is 2.54. The average Bonchev–Trinajstić information content (AvgIpc) is 2.98. The molecule has 1 saturated heterocycles. The van der Waals surface area contributed by atoms with Gasteiger partial charge in [-0.3, -0.25) is 14.3 Å². The SMILES string of the molecule is C[C@@H]1CN(Cc2ccc(-c3cccc(-n4c(=O)n([C@H]5CC[C@@H](NC(=O)O)CC5)c(=O)c5cc(F)cnc54)c3)cc2)C[C@H](C)N1. The summed E-state index contributed by atoms with van der Waals surface area (Å²) in [6.45, 7) is 7.27. The largest absolute Gasteiger partial charge is 0.465 e. The number of hydrogen-bond donors (Lipinski definition) is 3. The molecule has 1 aliphatic heterocycles. The molecule has 1 aliphatic carbocycles. The molecule has 1 saturated carbocycles. The van der Waals surface area contributed by atoms with Crippen LogP contribution in [0.15, 0.2) is 70.4 Å². The monoisotopic (exact) mass is 600 g/mol. The van der Waals surface area contributed by atoms with Crippen molar-refractivity contribution in [2.24, 2.45) is 0 Å². The Morgan fingerprint density at radius 3 is 2.39 bits per heavy atom. The number of halogens is 1. The maximum absolute atomic E-state index is 14.3. The number of pyridine rings is 1. The summed E-state index contributed by atoms with van der Waals surface area (Å²) < 4.78 is 16.9. The molecule has 0 unspecified atom stereocenters. The second-order valence-electron chi connectivity index (χ2n) is 12.2. The van der Waals surface area contributed by atoms with Crippen molar-refractivity contribution in [3.63, 3.8) is 0 Å². The van der Waals surface area contributed by atoms with Gasteiger partial charge in [0, 0.05) is 43.8 Å². The minimum absolute atomic E-state index is 0.0155. The Kier molecular flexibility index (Phi) is 8.33. The van der Waals surface area contributed by atoms with Gasteiger partial charge < -0.3 is 15.7 Å².